The van der Waals surface area contributed by atoms with Gasteiger partial charge in [0.15, 0.2) is 0 Å². The minimum absolute atomic E-state index is 0.0972. The Hall–Kier alpha value is -0.520. The van der Waals surface area contributed by atoms with E-state index in [9.17, 15) is 0 Å². The van der Waals surface area contributed by atoms with Gasteiger partial charge < -0.3 is 0 Å². The van der Waals surface area contributed by atoms with Crippen LogP contribution in [-0.4, -0.2) is 20.3 Å². The molecule has 0 spiro atoms. The maximum atomic E-state index is 6.58. The summed E-state index contributed by atoms with van der Waals surface area (Å²) in [7, 11) is 3.53. The highest BCUT2D eigenvalue weighted by Gasteiger charge is 1.89. The minimum atomic E-state index is -0.0972. The first-order valence-corrected chi connectivity index (χ1v) is 2.12. The van der Waals surface area contributed by atoms with Crippen molar-refractivity contribution in [1.29, 1.82) is 0 Å². The van der Waals surface area contributed by atoms with Crippen LogP contribution in [0.4, 0.5) is 0 Å². The Balaban J connectivity index is 3.23. The summed E-state index contributed by atoms with van der Waals surface area (Å²) < 4.78 is 0. The van der Waals surface area contributed by atoms with Gasteiger partial charge in [0.1, 0.15) is 6.17 Å². The summed E-state index contributed by atoms with van der Waals surface area (Å²) in [5.74, 6) is 2.23. The molecular formula is C5H9N2. The molecule has 39 valence electrons. The van der Waals surface area contributed by atoms with Gasteiger partial charge in [-0.05, 0) is 20.5 Å². The second kappa shape index (κ2) is 3.66. The second-order valence-corrected chi connectivity index (χ2v) is 1.15. The summed E-state index contributed by atoms with van der Waals surface area (Å²) in [6.45, 7) is 0. The molecule has 2 nitrogen and oxygen atoms in total. The van der Waals surface area contributed by atoms with Gasteiger partial charge >= 0.3 is 0 Å². The summed E-state index contributed by atoms with van der Waals surface area (Å²) in [6.07, 6.45) is 6.49. The zero-order chi connectivity index (χ0) is 5.70. The second-order valence-electron chi connectivity index (χ2n) is 1.15. The summed E-state index contributed by atoms with van der Waals surface area (Å²) in [5.41, 5.74) is 0. The van der Waals surface area contributed by atoms with E-state index in [0.29, 0.717) is 0 Å². The zero-order valence-corrected chi connectivity index (χ0v) is 4.58. The van der Waals surface area contributed by atoms with E-state index in [1.807, 2.05) is 0 Å². The van der Waals surface area contributed by atoms with Crippen LogP contribution in [0.5, 0.6) is 0 Å². The van der Waals surface area contributed by atoms with Crippen LogP contribution in [0.15, 0.2) is 0 Å². The predicted octanol–water partition coefficient (Wildman–Crippen LogP) is -0.659. The lowest BCUT2D eigenvalue weighted by atomic mass is 10.5. The molecule has 0 fully saturated rings. The highest BCUT2D eigenvalue weighted by molar-refractivity contribution is 4.89. The first-order valence-electron chi connectivity index (χ1n) is 2.12. The van der Waals surface area contributed by atoms with Crippen molar-refractivity contribution < 1.29 is 0 Å². The van der Waals surface area contributed by atoms with E-state index in [2.05, 4.69) is 16.6 Å². The molecule has 0 saturated carbocycles. The van der Waals surface area contributed by atoms with Crippen LogP contribution in [0.1, 0.15) is 0 Å². The van der Waals surface area contributed by atoms with Gasteiger partial charge in [-0.3, -0.25) is 10.6 Å². The topological polar surface area (TPSA) is 24.1 Å². The van der Waals surface area contributed by atoms with Gasteiger partial charge in [-0.1, -0.05) is 5.92 Å². The molecule has 0 unspecified atom stereocenters. The summed E-state index contributed by atoms with van der Waals surface area (Å²) in [5, 5.41) is 5.58. The Labute approximate surface area is 44.3 Å². The molecule has 0 aliphatic carbocycles. The lowest BCUT2D eigenvalue weighted by molar-refractivity contribution is 0.604. The molecule has 0 bridgehead atoms. The van der Waals surface area contributed by atoms with Gasteiger partial charge in [-0.25, -0.2) is 0 Å². The Morgan fingerprint density at radius 2 is 1.86 bits per heavy atom. The Kier molecular flexibility index (Phi) is 3.39. The van der Waals surface area contributed by atoms with E-state index in [1.54, 1.807) is 14.1 Å². The summed E-state index contributed by atoms with van der Waals surface area (Å²) in [4.78, 5) is 0. The normalized spacial score (nSPS) is 8.86. The summed E-state index contributed by atoms with van der Waals surface area (Å²) in [6, 6.07) is 0. The highest BCUT2D eigenvalue weighted by atomic mass is 15.1. The average Bonchev–Trinajstić information content (AvgIpc) is 1.72. The largest absolute Gasteiger partial charge is 0.295 e. The smallest absolute Gasteiger partial charge is 0.122 e. The van der Waals surface area contributed by atoms with Gasteiger partial charge in [0.2, 0.25) is 0 Å². The fourth-order valence-electron chi connectivity index (χ4n) is 0.289. The van der Waals surface area contributed by atoms with Crippen LogP contribution >= 0.6 is 0 Å². The molecule has 0 saturated heterocycles. The maximum Gasteiger partial charge on any atom is 0.122 e. The predicted molar refractivity (Wildman–Crippen MR) is 29.0 cm³/mol. The Morgan fingerprint density at radius 1 is 1.43 bits per heavy atom. The lowest BCUT2D eigenvalue weighted by Gasteiger charge is -2.03. The lowest BCUT2D eigenvalue weighted by Crippen LogP contribution is -2.35. The molecule has 0 heterocycles. The number of hydrogen-bond acceptors (Lipinski definition) is 2. The van der Waals surface area contributed by atoms with Crippen molar-refractivity contribution in [2.45, 2.75) is 6.17 Å². The first-order chi connectivity index (χ1) is 3.35. The van der Waals surface area contributed by atoms with Crippen molar-refractivity contribution in [1.82, 2.24) is 10.6 Å². The third-order valence-electron chi connectivity index (χ3n) is 0.722. The minimum Gasteiger partial charge on any atom is -0.295 e. The molecule has 0 aliphatic heterocycles. The molecule has 0 atom stereocenters. The van der Waals surface area contributed by atoms with Crippen LogP contribution < -0.4 is 10.6 Å². The fraction of sp³-hybridized carbons (Fsp3) is 0.600. The monoisotopic (exact) mass is 97.1 g/mol. The molecule has 0 aromatic heterocycles. The average molecular weight is 97.1 g/mol. The number of nitrogens with one attached hydrogen (secondary N) is 2. The molecule has 2 N–H and O–H groups in total. The third-order valence-corrected chi connectivity index (χ3v) is 0.722. The van der Waals surface area contributed by atoms with E-state index in [-0.39, 0.29) is 6.17 Å². The quantitative estimate of drug-likeness (QED) is 0.353. The number of hydrogen-bond donors (Lipinski definition) is 2. The molecule has 0 rings (SSSR count). The van der Waals surface area contributed by atoms with Gasteiger partial charge in [-0.15, -0.1) is 0 Å². The Bertz CT molecular complexity index is 68.6. The van der Waals surface area contributed by atoms with Crippen molar-refractivity contribution in [2.75, 3.05) is 14.1 Å². The van der Waals surface area contributed by atoms with Crippen molar-refractivity contribution in [3.63, 3.8) is 0 Å². The third kappa shape index (κ3) is 2.21. The van der Waals surface area contributed by atoms with E-state index in [4.69, 9.17) is 6.42 Å². The standard InChI is InChI=1S/C5H9N2/c1-4-5(6-2)7-3/h5-7H,2-3H3. The molecule has 0 aromatic carbocycles. The van der Waals surface area contributed by atoms with Gasteiger partial charge in [-0.2, -0.15) is 0 Å². The summed E-state index contributed by atoms with van der Waals surface area (Å²) >= 11 is 0. The van der Waals surface area contributed by atoms with Crippen molar-refractivity contribution >= 4 is 0 Å². The van der Waals surface area contributed by atoms with Crippen LogP contribution in [0.25, 0.3) is 0 Å². The van der Waals surface area contributed by atoms with Crippen LogP contribution in [-0.2, 0) is 0 Å². The SMILES string of the molecule is [C]#CC(NC)NC. The first kappa shape index (κ1) is 6.48. The Morgan fingerprint density at radius 3 is 1.86 bits per heavy atom. The molecule has 2 heteroatoms. The van der Waals surface area contributed by atoms with Gasteiger partial charge in [0, 0.05) is 0 Å². The van der Waals surface area contributed by atoms with E-state index < -0.39 is 0 Å². The van der Waals surface area contributed by atoms with E-state index in [1.165, 1.54) is 0 Å². The van der Waals surface area contributed by atoms with Gasteiger partial charge in [0.05, 0.1) is 0 Å². The molecule has 0 aromatic rings. The number of rotatable bonds is 2. The van der Waals surface area contributed by atoms with Crippen molar-refractivity contribution in [3.05, 3.63) is 6.42 Å². The van der Waals surface area contributed by atoms with Crippen LogP contribution in [0.3, 0.4) is 0 Å². The molecule has 0 amide bonds. The van der Waals surface area contributed by atoms with Crippen molar-refractivity contribution in [3.8, 4) is 5.92 Å². The maximum absolute atomic E-state index is 6.58. The highest BCUT2D eigenvalue weighted by Crippen LogP contribution is 1.63. The van der Waals surface area contributed by atoms with Gasteiger partial charge in [0.25, 0.3) is 0 Å². The molecular weight excluding hydrogens is 88.1 g/mol. The van der Waals surface area contributed by atoms with Crippen LogP contribution in [0.2, 0.25) is 0 Å². The van der Waals surface area contributed by atoms with Crippen molar-refractivity contribution in [2.24, 2.45) is 0 Å². The molecule has 0 aliphatic rings. The molecule has 1 radical (unpaired) electrons. The van der Waals surface area contributed by atoms with Crippen LogP contribution in [0, 0.1) is 12.3 Å². The zero-order valence-electron chi connectivity index (χ0n) is 4.58. The fourth-order valence-corrected chi connectivity index (χ4v) is 0.289. The molecule has 7 heavy (non-hydrogen) atoms. The van der Waals surface area contributed by atoms with E-state index in [0.717, 1.165) is 0 Å². The van der Waals surface area contributed by atoms with E-state index >= 15 is 0 Å².